The van der Waals surface area contributed by atoms with Crippen molar-refractivity contribution in [3.8, 4) is 0 Å². The van der Waals surface area contributed by atoms with Gasteiger partial charge in [0.1, 0.15) is 0 Å². The second-order valence-corrected chi connectivity index (χ2v) is 5.21. The summed E-state index contributed by atoms with van der Waals surface area (Å²) >= 11 is 4.58. The van der Waals surface area contributed by atoms with Gasteiger partial charge < -0.3 is 4.57 Å². The van der Waals surface area contributed by atoms with E-state index >= 15 is 0 Å². The average Bonchev–Trinajstić information content (AvgIpc) is 2.46. The van der Waals surface area contributed by atoms with E-state index in [-0.39, 0.29) is 4.75 Å². The van der Waals surface area contributed by atoms with Crippen LogP contribution in [0.5, 0.6) is 0 Å². The first-order valence-electron chi connectivity index (χ1n) is 4.63. The normalized spacial score (nSPS) is 12.3. The summed E-state index contributed by atoms with van der Waals surface area (Å²) < 4.78 is 1.88. The highest BCUT2D eigenvalue weighted by atomic mass is 32.1. The van der Waals surface area contributed by atoms with Gasteiger partial charge in [-0.2, -0.15) is 12.6 Å². The van der Waals surface area contributed by atoms with Gasteiger partial charge in [-0.15, -0.1) is 0 Å². The molecule has 0 amide bonds. The quantitative estimate of drug-likeness (QED) is 0.710. The smallest absolute Gasteiger partial charge is 0.0955 e. The van der Waals surface area contributed by atoms with Crippen molar-refractivity contribution >= 4 is 23.7 Å². The van der Waals surface area contributed by atoms with Crippen LogP contribution in [0.4, 0.5) is 0 Å². The van der Waals surface area contributed by atoms with Crippen LogP contribution in [0.25, 0.3) is 11.0 Å². The molecule has 2 aromatic rings. The van der Waals surface area contributed by atoms with Crippen molar-refractivity contribution in [2.45, 2.75) is 18.6 Å². The van der Waals surface area contributed by atoms with Gasteiger partial charge in [0.25, 0.3) is 0 Å². The lowest BCUT2D eigenvalue weighted by atomic mass is 10.0. The van der Waals surface area contributed by atoms with Gasteiger partial charge in [0.2, 0.25) is 0 Å². The molecule has 0 aliphatic carbocycles. The summed E-state index contributed by atoms with van der Waals surface area (Å²) in [4.78, 5) is 4.40. The van der Waals surface area contributed by atoms with Gasteiger partial charge >= 0.3 is 0 Å². The van der Waals surface area contributed by atoms with Crippen molar-refractivity contribution in [1.29, 1.82) is 0 Å². The summed E-state index contributed by atoms with van der Waals surface area (Å²) in [7, 11) is 2.00. The minimum Gasteiger partial charge on any atom is -0.334 e. The molecule has 0 saturated heterocycles. The van der Waals surface area contributed by atoms with Gasteiger partial charge in [-0.3, -0.25) is 0 Å². The molecular formula is C11H14N2S. The van der Waals surface area contributed by atoms with Gasteiger partial charge in [-0.1, -0.05) is 12.1 Å². The van der Waals surface area contributed by atoms with Crippen molar-refractivity contribution < 1.29 is 0 Å². The van der Waals surface area contributed by atoms with Gasteiger partial charge in [0.15, 0.2) is 0 Å². The summed E-state index contributed by atoms with van der Waals surface area (Å²) in [6, 6.07) is 6.21. The first kappa shape index (κ1) is 9.59. The zero-order valence-electron chi connectivity index (χ0n) is 8.65. The fourth-order valence-corrected chi connectivity index (χ4v) is 1.83. The molecular weight excluding hydrogens is 192 g/mol. The molecule has 0 saturated carbocycles. The van der Waals surface area contributed by atoms with Gasteiger partial charge in [-0.25, -0.2) is 4.98 Å². The van der Waals surface area contributed by atoms with Crippen LogP contribution in [0.1, 0.15) is 19.4 Å². The van der Waals surface area contributed by atoms with Crippen molar-refractivity contribution in [2.24, 2.45) is 7.05 Å². The third kappa shape index (κ3) is 1.42. The zero-order chi connectivity index (χ0) is 10.3. The molecule has 0 N–H and O–H groups in total. The maximum atomic E-state index is 4.58. The largest absolute Gasteiger partial charge is 0.334 e. The highest BCUT2D eigenvalue weighted by Crippen LogP contribution is 2.31. The summed E-state index contributed by atoms with van der Waals surface area (Å²) in [6.45, 7) is 4.17. The number of thiol groups is 1. The molecule has 2 rings (SSSR count). The third-order valence-corrected chi connectivity index (χ3v) is 2.65. The van der Waals surface area contributed by atoms with Crippen LogP contribution in [-0.2, 0) is 11.8 Å². The van der Waals surface area contributed by atoms with Crippen LogP contribution < -0.4 is 0 Å². The molecule has 0 spiro atoms. The van der Waals surface area contributed by atoms with E-state index < -0.39 is 0 Å². The van der Waals surface area contributed by atoms with Crippen LogP contribution in [0.2, 0.25) is 0 Å². The number of aromatic nitrogens is 2. The molecule has 74 valence electrons. The number of hydrogen-bond acceptors (Lipinski definition) is 2. The van der Waals surface area contributed by atoms with Crippen LogP contribution in [0.3, 0.4) is 0 Å². The number of para-hydroxylation sites is 1. The number of benzene rings is 1. The van der Waals surface area contributed by atoms with E-state index in [1.54, 1.807) is 0 Å². The lowest BCUT2D eigenvalue weighted by Gasteiger charge is -2.18. The molecule has 14 heavy (non-hydrogen) atoms. The molecule has 0 fully saturated rings. The number of imidazole rings is 1. The second kappa shape index (κ2) is 3.02. The maximum Gasteiger partial charge on any atom is 0.0955 e. The number of hydrogen-bond donors (Lipinski definition) is 1. The topological polar surface area (TPSA) is 17.8 Å². The monoisotopic (exact) mass is 206 g/mol. The Balaban J connectivity index is 2.79. The average molecular weight is 206 g/mol. The Morgan fingerprint density at radius 1 is 1.36 bits per heavy atom. The van der Waals surface area contributed by atoms with E-state index in [1.807, 2.05) is 17.9 Å². The van der Waals surface area contributed by atoms with Crippen molar-refractivity contribution in [1.82, 2.24) is 9.55 Å². The molecule has 0 unspecified atom stereocenters. The van der Waals surface area contributed by atoms with Crippen molar-refractivity contribution in [3.63, 3.8) is 0 Å². The highest BCUT2D eigenvalue weighted by Gasteiger charge is 2.19. The molecule has 3 heteroatoms. The van der Waals surface area contributed by atoms with Gasteiger partial charge in [0, 0.05) is 11.8 Å². The number of nitrogens with zero attached hydrogens (tertiary/aromatic N) is 2. The molecule has 0 atom stereocenters. The number of rotatable bonds is 1. The molecule has 1 heterocycles. The second-order valence-electron chi connectivity index (χ2n) is 4.09. The molecule has 0 radical (unpaired) electrons. The summed E-state index contributed by atoms with van der Waals surface area (Å²) in [5.41, 5.74) is 3.39. The lowest BCUT2D eigenvalue weighted by molar-refractivity contribution is 0.797. The maximum absolute atomic E-state index is 4.58. The summed E-state index contributed by atoms with van der Waals surface area (Å²) in [5, 5.41) is 0. The van der Waals surface area contributed by atoms with E-state index in [0.29, 0.717) is 0 Å². The fourth-order valence-electron chi connectivity index (χ4n) is 1.65. The van der Waals surface area contributed by atoms with Crippen LogP contribution in [0, 0.1) is 0 Å². The number of aryl methyl sites for hydroxylation is 1. The van der Waals surface area contributed by atoms with E-state index in [2.05, 4.69) is 49.7 Å². The molecule has 0 aliphatic rings. The highest BCUT2D eigenvalue weighted by molar-refractivity contribution is 7.81. The first-order chi connectivity index (χ1) is 6.50. The standard InChI is InChI=1S/C11H14N2S/c1-11(2,14)8-5-4-6-9-10(8)12-7-13(9)3/h4-7,14H,1-3H3. The predicted octanol–water partition coefficient (Wildman–Crippen LogP) is 2.74. The molecule has 1 aromatic carbocycles. The number of fused-ring (bicyclic) bond motifs is 1. The SMILES string of the molecule is Cn1cnc2c(C(C)(C)S)cccc21. The van der Waals surface area contributed by atoms with E-state index in [9.17, 15) is 0 Å². The Hall–Kier alpha value is -0.960. The third-order valence-electron chi connectivity index (χ3n) is 2.41. The van der Waals surface area contributed by atoms with E-state index in [4.69, 9.17) is 0 Å². The molecule has 0 aliphatic heterocycles. The Kier molecular flexibility index (Phi) is 2.07. The van der Waals surface area contributed by atoms with Gasteiger partial charge in [-0.05, 0) is 25.5 Å². The van der Waals surface area contributed by atoms with Gasteiger partial charge in [0.05, 0.1) is 17.4 Å². The Morgan fingerprint density at radius 3 is 2.71 bits per heavy atom. The van der Waals surface area contributed by atoms with Crippen LogP contribution in [-0.4, -0.2) is 9.55 Å². The Morgan fingerprint density at radius 2 is 2.07 bits per heavy atom. The van der Waals surface area contributed by atoms with Crippen LogP contribution >= 0.6 is 12.6 Å². The van der Waals surface area contributed by atoms with E-state index in [0.717, 1.165) is 11.0 Å². The lowest BCUT2D eigenvalue weighted by Crippen LogP contribution is -2.08. The zero-order valence-corrected chi connectivity index (χ0v) is 9.55. The minimum atomic E-state index is -0.145. The first-order valence-corrected chi connectivity index (χ1v) is 5.08. The van der Waals surface area contributed by atoms with Crippen molar-refractivity contribution in [3.05, 3.63) is 30.1 Å². The minimum absolute atomic E-state index is 0.145. The Bertz CT molecular complexity index is 466. The van der Waals surface area contributed by atoms with Crippen LogP contribution in [0.15, 0.2) is 24.5 Å². The predicted molar refractivity (Wildman–Crippen MR) is 62.7 cm³/mol. The summed E-state index contributed by atoms with van der Waals surface area (Å²) in [6.07, 6.45) is 1.84. The Labute approximate surface area is 89.4 Å². The fraction of sp³-hybridized carbons (Fsp3) is 0.364. The molecule has 0 bridgehead atoms. The summed E-state index contributed by atoms with van der Waals surface area (Å²) in [5.74, 6) is 0. The molecule has 1 aromatic heterocycles. The molecule has 2 nitrogen and oxygen atoms in total. The van der Waals surface area contributed by atoms with E-state index in [1.165, 1.54) is 5.56 Å². The van der Waals surface area contributed by atoms with Crippen molar-refractivity contribution in [2.75, 3.05) is 0 Å².